The van der Waals surface area contributed by atoms with Crippen LogP contribution in [0.4, 0.5) is 5.69 Å². The summed E-state index contributed by atoms with van der Waals surface area (Å²) < 4.78 is 0. The third-order valence-electron chi connectivity index (χ3n) is 1.86. The topological polar surface area (TPSA) is 69.1 Å². The van der Waals surface area contributed by atoms with Gasteiger partial charge in [-0.25, -0.2) is 0 Å². The molecule has 3 nitrogen and oxygen atoms in total. The Morgan fingerprint density at radius 2 is 1.83 bits per heavy atom. The van der Waals surface area contributed by atoms with Gasteiger partial charge in [-0.15, -0.1) is 0 Å². The van der Waals surface area contributed by atoms with Crippen molar-refractivity contribution in [2.45, 2.75) is 12.8 Å². The molecule has 12 heavy (non-hydrogen) atoms. The van der Waals surface area contributed by atoms with E-state index in [9.17, 15) is 4.79 Å². The first-order valence-corrected chi connectivity index (χ1v) is 3.76. The number of carbonyl (C=O) groups is 1. The summed E-state index contributed by atoms with van der Waals surface area (Å²) in [4.78, 5) is 10.8. The van der Waals surface area contributed by atoms with Crippen molar-refractivity contribution in [3.8, 4) is 0 Å². The van der Waals surface area contributed by atoms with Crippen LogP contribution >= 0.6 is 0 Å². The minimum atomic E-state index is -0.320. The molecule has 0 heterocycles. The van der Waals surface area contributed by atoms with Crippen molar-refractivity contribution < 1.29 is 4.79 Å². The highest BCUT2D eigenvalue weighted by atomic mass is 16.1. The van der Waals surface area contributed by atoms with Crippen LogP contribution in [0.3, 0.4) is 0 Å². The Morgan fingerprint density at radius 3 is 2.25 bits per heavy atom. The van der Waals surface area contributed by atoms with Gasteiger partial charge in [0.2, 0.25) is 5.91 Å². The maximum Gasteiger partial charge on any atom is 0.224 e. The van der Waals surface area contributed by atoms with E-state index in [4.69, 9.17) is 11.5 Å². The van der Waals surface area contributed by atoms with E-state index in [2.05, 4.69) is 0 Å². The molecule has 64 valence electrons. The quantitative estimate of drug-likeness (QED) is 0.636. The Morgan fingerprint density at radius 1 is 1.33 bits per heavy atom. The van der Waals surface area contributed by atoms with Gasteiger partial charge >= 0.3 is 0 Å². The largest absolute Gasteiger partial charge is 0.399 e. The highest BCUT2D eigenvalue weighted by Gasteiger charge is 2.10. The van der Waals surface area contributed by atoms with E-state index in [0.717, 1.165) is 5.56 Å². The van der Waals surface area contributed by atoms with Crippen molar-refractivity contribution in [1.29, 1.82) is 0 Å². The second-order valence-corrected chi connectivity index (χ2v) is 2.79. The number of amides is 1. The maximum atomic E-state index is 10.8. The summed E-state index contributed by atoms with van der Waals surface area (Å²) in [5.74, 6) is -0.564. The van der Waals surface area contributed by atoms with Crippen LogP contribution in [0.5, 0.6) is 0 Å². The zero-order valence-electron chi connectivity index (χ0n) is 6.95. The van der Waals surface area contributed by atoms with E-state index in [-0.39, 0.29) is 11.8 Å². The van der Waals surface area contributed by atoms with Crippen LogP contribution in [0.1, 0.15) is 18.4 Å². The van der Waals surface area contributed by atoms with E-state index in [1.165, 1.54) is 0 Å². The van der Waals surface area contributed by atoms with Gasteiger partial charge in [0.1, 0.15) is 0 Å². The van der Waals surface area contributed by atoms with Crippen molar-refractivity contribution in [1.82, 2.24) is 0 Å². The molecule has 1 rings (SSSR count). The monoisotopic (exact) mass is 164 g/mol. The van der Waals surface area contributed by atoms with Crippen LogP contribution in [0.25, 0.3) is 0 Å². The van der Waals surface area contributed by atoms with Crippen molar-refractivity contribution in [3.05, 3.63) is 29.8 Å². The molecule has 0 aliphatic carbocycles. The number of benzene rings is 1. The van der Waals surface area contributed by atoms with Gasteiger partial charge in [-0.05, 0) is 24.6 Å². The van der Waals surface area contributed by atoms with Gasteiger partial charge in [-0.2, -0.15) is 0 Å². The summed E-state index contributed by atoms with van der Waals surface area (Å²) in [5.41, 5.74) is 12.2. The van der Waals surface area contributed by atoms with Crippen molar-refractivity contribution >= 4 is 11.6 Å². The Kier molecular flexibility index (Phi) is 2.33. The Bertz CT molecular complexity index is 279. The number of nitrogen functional groups attached to an aromatic ring is 1. The highest BCUT2D eigenvalue weighted by molar-refractivity contribution is 5.81. The molecule has 3 heteroatoms. The Labute approximate surface area is 71.4 Å². The third-order valence-corrected chi connectivity index (χ3v) is 1.86. The molecule has 0 spiro atoms. The van der Waals surface area contributed by atoms with Gasteiger partial charge in [0.05, 0.1) is 5.92 Å². The number of hydrogen-bond donors (Lipinski definition) is 2. The number of hydrogen-bond acceptors (Lipinski definition) is 2. The molecule has 0 aliphatic heterocycles. The van der Waals surface area contributed by atoms with Crippen LogP contribution < -0.4 is 11.5 Å². The molecule has 1 atom stereocenters. The molecule has 1 aromatic carbocycles. The smallest absolute Gasteiger partial charge is 0.224 e. The molecule has 0 aromatic heterocycles. The third kappa shape index (κ3) is 1.75. The molecule has 0 bridgehead atoms. The molecule has 4 N–H and O–H groups in total. The fraction of sp³-hybridized carbons (Fsp3) is 0.222. The number of anilines is 1. The summed E-state index contributed by atoms with van der Waals surface area (Å²) in [5, 5.41) is 0. The van der Waals surface area contributed by atoms with E-state index >= 15 is 0 Å². The Balaban J connectivity index is 2.89. The van der Waals surface area contributed by atoms with E-state index in [1.807, 2.05) is 12.1 Å². The lowest BCUT2D eigenvalue weighted by molar-refractivity contribution is -0.119. The first-order valence-electron chi connectivity index (χ1n) is 3.76. The molecule has 0 saturated carbocycles. The number of nitrogens with two attached hydrogens (primary N) is 2. The van der Waals surface area contributed by atoms with Gasteiger partial charge in [0, 0.05) is 5.69 Å². The van der Waals surface area contributed by atoms with Crippen molar-refractivity contribution in [3.63, 3.8) is 0 Å². The van der Waals surface area contributed by atoms with Crippen molar-refractivity contribution in [2.75, 3.05) is 5.73 Å². The maximum absolute atomic E-state index is 10.8. The summed E-state index contributed by atoms with van der Waals surface area (Å²) in [7, 11) is 0. The second-order valence-electron chi connectivity index (χ2n) is 2.79. The SMILES string of the molecule is CC(C(N)=O)c1ccc(N)cc1. The van der Waals surface area contributed by atoms with Crippen LogP contribution in [-0.4, -0.2) is 5.91 Å². The number of primary amides is 1. The molecule has 1 amide bonds. The normalized spacial score (nSPS) is 12.4. The Hall–Kier alpha value is -1.51. The summed E-state index contributed by atoms with van der Waals surface area (Å²) in [6.07, 6.45) is 0. The lowest BCUT2D eigenvalue weighted by Crippen LogP contribution is -2.18. The van der Waals surface area contributed by atoms with Gasteiger partial charge in [-0.1, -0.05) is 12.1 Å². The molecular weight excluding hydrogens is 152 g/mol. The first-order chi connectivity index (χ1) is 5.61. The number of carbonyl (C=O) groups excluding carboxylic acids is 1. The van der Waals surface area contributed by atoms with Gasteiger partial charge in [-0.3, -0.25) is 4.79 Å². The second kappa shape index (κ2) is 3.26. The fourth-order valence-electron chi connectivity index (χ4n) is 0.949. The fourth-order valence-corrected chi connectivity index (χ4v) is 0.949. The minimum Gasteiger partial charge on any atom is -0.399 e. The van der Waals surface area contributed by atoms with Gasteiger partial charge in [0.25, 0.3) is 0 Å². The van der Waals surface area contributed by atoms with Crippen LogP contribution in [0, 0.1) is 0 Å². The average Bonchev–Trinajstić information content (AvgIpc) is 2.04. The van der Waals surface area contributed by atoms with E-state index in [0.29, 0.717) is 5.69 Å². The molecule has 1 aromatic rings. The molecular formula is C9H12N2O. The zero-order valence-corrected chi connectivity index (χ0v) is 6.95. The van der Waals surface area contributed by atoms with E-state index in [1.54, 1.807) is 19.1 Å². The summed E-state index contributed by atoms with van der Waals surface area (Å²) in [6.45, 7) is 1.77. The van der Waals surface area contributed by atoms with E-state index < -0.39 is 0 Å². The van der Waals surface area contributed by atoms with Crippen LogP contribution in [0.2, 0.25) is 0 Å². The highest BCUT2D eigenvalue weighted by Crippen LogP contribution is 2.15. The molecule has 0 saturated heterocycles. The predicted molar refractivity (Wildman–Crippen MR) is 48.5 cm³/mol. The van der Waals surface area contributed by atoms with Crippen LogP contribution in [0.15, 0.2) is 24.3 Å². The van der Waals surface area contributed by atoms with Crippen LogP contribution in [-0.2, 0) is 4.79 Å². The zero-order chi connectivity index (χ0) is 9.14. The molecule has 0 aliphatic rings. The molecule has 0 fully saturated rings. The standard InChI is InChI=1S/C9H12N2O/c1-6(9(11)12)7-2-4-8(10)5-3-7/h2-6H,10H2,1H3,(H2,11,12). The number of rotatable bonds is 2. The van der Waals surface area contributed by atoms with Gasteiger partial charge in [0.15, 0.2) is 0 Å². The van der Waals surface area contributed by atoms with Crippen molar-refractivity contribution in [2.24, 2.45) is 5.73 Å². The predicted octanol–water partition coefficient (Wildman–Crippen LogP) is 0.858. The summed E-state index contributed by atoms with van der Waals surface area (Å²) in [6, 6.07) is 7.14. The average molecular weight is 164 g/mol. The first kappa shape index (κ1) is 8.59. The summed E-state index contributed by atoms with van der Waals surface area (Å²) >= 11 is 0. The van der Waals surface area contributed by atoms with Gasteiger partial charge < -0.3 is 11.5 Å². The molecule has 1 unspecified atom stereocenters. The minimum absolute atomic E-state index is 0.245. The lowest BCUT2D eigenvalue weighted by atomic mass is 10.0. The lowest BCUT2D eigenvalue weighted by Gasteiger charge is -2.06. The molecule has 0 radical (unpaired) electrons.